The van der Waals surface area contributed by atoms with Crippen molar-refractivity contribution in [2.75, 3.05) is 0 Å². The molecule has 1 amide bonds. The highest BCUT2D eigenvalue weighted by molar-refractivity contribution is 8.00. The molecule has 0 aliphatic heterocycles. The minimum absolute atomic E-state index is 0.224. The van der Waals surface area contributed by atoms with Crippen LogP contribution in [0.5, 0.6) is 5.75 Å². The fourth-order valence-electron chi connectivity index (χ4n) is 2.43. The van der Waals surface area contributed by atoms with E-state index in [1.54, 1.807) is 13.0 Å². The van der Waals surface area contributed by atoms with Gasteiger partial charge in [-0.2, -0.15) is 0 Å². The topological polar surface area (TPSA) is 83.0 Å². The molecular weight excluding hydrogens is 360 g/mol. The van der Waals surface area contributed by atoms with E-state index in [-0.39, 0.29) is 23.8 Å². The smallest absolute Gasteiger partial charge is 0.230 e. The average molecular weight is 383 g/mol. The van der Waals surface area contributed by atoms with Crippen LogP contribution in [-0.4, -0.2) is 25.9 Å². The molecular formula is C17H23ClN4O2S. The Morgan fingerprint density at radius 2 is 2.00 bits per heavy atom. The zero-order valence-electron chi connectivity index (χ0n) is 14.6. The first-order valence-electron chi connectivity index (χ1n) is 8.24. The molecule has 0 fully saturated rings. The minimum Gasteiger partial charge on any atom is -0.484 e. The van der Waals surface area contributed by atoms with Crippen LogP contribution in [0.25, 0.3) is 0 Å². The molecule has 1 atom stereocenters. The quantitative estimate of drug-likeness (QED) is 0.666. The average Bonchev–Trinajstić information content (AvgIpc) is 2.98. The number of rotatable bonds is 9. The molecule has 25 heavy (non-hydrogen) atoms. The third-order valence-corrected chi connectivity index (χ3v) is 5.31. The highest BCUT2D eigenvalue weighted by Gasteiger charge is 2.22. The van der Waals surface area contributed by atoms with E-state index in [9.17, 15) is 4.79 Å². The van der Waals surface area contributed by atoms with Gasteiger partial charge in [0.05, 0.1) is 10.3 Å². The number of ether oxygens (including phenoxy) is 1. The Bertz CT molecular complexity index is 718. The minimum atomic E-state index is -0.380. The van der Waals surface area contributed by atoms with Crippen molar-refractivity contribution < 1.29 is 9.53 Å². The highest BCUT2D eigenvalue weighted by atomic mass is 35.5. The number of nitrogens with two attached hydrogens (primary N) is 1. The molecule has 0 bridgehead atoms. The van der Waals surface area contributed by atoms with E-state index in [0.29, 0.717) is 21.8 Å². The lowest BCUT2D eigenvalue weighted by Crippen LogP contribution is -2.23. The molecule has 2 N–H and O–H groups in total. The molecule has 0 saturated carbocycles. The maximum Gasteiger partial charge on any atom is 0.230 e. The van der Waals surface area contributed by atoms with Gasteiger partial charge in [-0.3, -0.25) is 4.79 Å². The van der Waals surface area contributed by atoms with Crippen LogP contribution in [0.1, 0.15) is 45.5 Å². The summed E-state index contributed by atoms with van der Waals surface area (Å²) in [5.41, 5.74) is 5.38. The Balaban J connectivity index is 2.26. The molecule has 2 aromatic rings. The lowest BCUT2D eigenvalue weighted by atomic mass is 10.2. The number of nitrogens with zero attached hydrogens (tertiary/aromatic N) is 3. The molecule has 0 radical (unpaired) electrons. The normalized spacial score (nSPS) is 12.4. The first-order valence-corrected chi connectivity index (χ1v) is 9.50. The van der Waals surface area contributed by atoms with E-state index in [1.807, 2.05) is 22.8 Å². The lowest BCUT2D eigenvalue weighted by molar-refractivity contribution is -0.117. The largest absolute Gasteiger partial charge is 0.484 e. The first kappa shape index (κ1) is 19.6. The van der Waals surface area contributed by atoms with Crippen LogP contribution in [0.4, 0.5) is 0 Å². The second-order valence-electron chi connectivity index (χ2n) is 5.62. The van der Waals surface area contributed by atoms with Gasteiger partial charge in [0.2, 0.25) is 5.91 Å². The molecule has 6 nitrogen and oxygen atoms in total. The summed E-state index contributed by atoms with van der Waals surface area (Å²) < 4.78 is 7.85. The third-order valence-electron chi connectivity index (χ3n) is 3.92. The van der Waals surface area contributed by atoms with Gasteiger partial charge < -0.3 is 15.0 Å². The summed E-state index contributed by atoms with van der Waals surface area (Å²) >= 11 is 7.45. The first-order chi connectivity index (χ1) is 12.0. The van der Waals surface area contributed by atoms with E-state index >= 15 is 0 Å². The van der Waals surface area contributed by atoms with Crippen LogP contribution in [0.15, 0.2) is 29.4 Å². The van der Waals surface area contributed by atoms with Crippen molar-refractivity contribution in [1.29, 1.82) is 0 Å². The van der Waals surface area contributed by atoms with Gasteiger partial charge in [-0.1, -0.05) is 49.3 Å². The third kappa shape index (κ3) is 4.89. The van der Waals surface area contributed by atoms with Gasteiger partial charge in [0.25, 0.3) is 0 Å². The van der Waals surface area contributed by atoms with Gasteiger partial charge in [0, 0.05) is 6.04 Å². The summed E-state index contributed by atoms with van der Waals surface area (Å²) in [4.78, 5) is 11.4. The van der Waals surface area contributed by atoms with E-state index in [1.165, 1.54) is 11.8 Å². The number of benzene rings is 1. The molecule has 0 spiro atoms. The predicted molar refractivity (Wildman–Crippen MR) is 99.9 cm³/mol. The van der Waals surface area contributed by atoms with E-state index < -0.39 is 0 Å². The lowest BCUT2D eigenvalue weighted by Gasteiger charge is -2.20. The summed E-state index contributed by atoms with van der Waals surface area (Å²) in [7, 11) is 0. The van der Waals surface area contributed by atoms with Gasteiger partial charge in [-0.25, -0.2) is 0 Å². The number of hydrogen-bond acceptors (Lipinski definition) is 5. The van der Waals surface area contributed by atoms with Crippen molar-refractivity contribution in [3.8, 4) is 5.75 Å². The summed E-state index contributed by atoms with van der Waals surface area (Å²) in [5, 5.41) is 9.35. The van der Waals surface area contributed by atoms with Crippen LogP contribution in [0.3, 0.4) is 0 Å². The zero-order chi connectivity index (χ0) is 18.4. The SMILES string of the molecule is CCC(CC)n1c(COc2ccccc2Cl)nnc1S[C@H](C)C(N)=O. The van der Waals surface area contributed by atoms with Crippen LogP contribution in [0.2, 0.25) is 5.02 Å². The molecule has 1 heterocycles. The summed E-state index contributed by atoms with van der Waals surface area (Å²) in [6, 6.07) is 7.52. The second kappa shape index (κ2) is 9.10. The number of aromatic nitrogens is 3. The fraction of sp³-hybridized carbons (Fsp3) is 0.471. The number of carbonyl (C=O) groups excluding carboxylic acids is 1. The Labute approximate surface area is 157 Å². The van der Waals surface area contributed by atoms with Gasteiger partial charge in [0.15, 0.2) is 11.0 Å². The molecule has 0 aliphatic carbocycles. The molecule has 1 aromatic carbocycles. The maximum absolute atomic E-state index is 11.4. The van der Waals surface area contributed by atoms with Crippen molar-refractivity contribution in [2.45, 2.75) is 56.7 Å². The van der Waals surface area contributed by atoms with E-state index in [4.69, 9.17) is 22.1 Å². The second-order valence-corrected chi connectivity index (χ2v) is 7.34. The monoisotopic (exact) mass is 382 g/mol. The number of para-hydroxylation sites is 1. The van der Waals surface area contributed by atoms with Gasteiger partial charge >= 0.3 is 0 Å². The van der Waals surface area contributed by atoms with E-state index in [2.05, 4.69) is 24.0 Å². The number of carbonyl (C=O) groups is 1. The van der Waals surface area contributed by atoms with Crippen LogP contribution in [-0.2, 0) is 11.4 Å². The van der Waals surface area contributed by atoms with Crippen LogP contribution >= 0.6 is 23.4 Å². The Hall–Kier alpha value is -1.73. The molecule has 136 valence electrons. The van der Waals surface area contributed by atoms with Gasteiger partial charge in [-0.05, 0) is 31.9 Å². The van der Waals surface area contributed by atoms with Crippen molar-refractivity contribution in [3.63, 3.8) is 0 Å². The molecule has 0 saturated heterocycles. The Morgan fingerprint density at radius 3 is 2.60 bits per heavy atom. The molecule has 2 rings (SSSR count). The Kier molecular flexibility index (Phi) is 7.13. The molecule has 1 aromatic heterocycles. The number of thioether (sulfide) groups is 1. The summed E-state index contributed by atoms with van der Waals surface area (Å²) in [5.74, 6) is 0.925. The number of halogens is 1. The van der Waals surface area contributed by atoms with Crippen molar-refractivity contribution in [1.82, 2.24) is 14.8 Å². The van der Waals surface area contributed by atoms with Crippen LogP contribution < -0.4 is 10.5 Å². The Morgan fingerprint density at radius 1 is 1.32 bits per heavy atom. The zero-order valence-corrected chi connectivity index (χ0v) is 16.2. The summed E-state index contributed by atoms with van der Waals surface area (Å²) in [6.07, 6.45) is 1.85. The van der Waals surface area contributed by atoms with Gasteiger partial charge in [-0.15, -0.1) is 10.2 Å². The highest BCUT2D eigenvalue weighted by Crippen LogP contribution is 2.30. The molecule has 0 aliphatic rings. The maximum atomic E-state index is 11.4. The summed E-state index contributed by atoms with van der Waals surface area (Å²) in [6.45, 7) is 6.23. The van der Waals surface area contributed by atoms with E-state index in [0.717, 1.165) is 12.8 Å². The predicted octanol–water partition coefficient (Wildman–Crippen LogP) is 3.84. The van der Waals surface area contributed by atoms with Gasteiger partial charge in [0.1, 0.15) is 12.4 Å². The fourth-order valence-corrected chi connectivity index (χ4v) is 3.51. The standard InChI is InChI=1S/C17H23ClN4O2S/c1-4-12(5-2)22-15(10-24-14-9-7-6-8-13(14)18)20-21-17(22)25-11(3)16(19)23/h6-9,11-12H,4-5,10H2,1-3H3,(H2,19,23)/t11-/m1/s1. The number of primary amides is 1. The molecule has 8 heteroatoms. The van der Waals surface area contributed by atoms with Crippen molar-refractivity contribution in [3.05, 3.63) is 35.1 Å². The van der Waals surface area contributed by atoms with Crippen molar-refractivity contribution in [2.24, 2.45) is 5.73 Å². The van der Waals surface area contributed by atoms with Crippen LogP contribution in [0, 0.1) is 0 Å². The van der Waals surface area contributed by atoms with Crippen molar-refractivity contribution >= 4 is 29.3 Å². The number of hydrogen-bond donors (Lipinski definition) is 1. The number of amides is 1. The molecule has 0 unspecified atom stereocenters.